The van der Waals surface area contributed by atoms with Gasteiger partial charge in [0.15, 0.2) is 0 Å². The summed E-state index contributed by atoms with van der Waals surface area (Å²) in [5, 5.41) is 20.0. The maximum Gasteiger partial charge on any atom is 0.0487 e. The van der Waals surface area contributed by atoms with Gasteiger partial charge in [0.2, 0.25) is 0 Å². The quantitative estimate of drug-likeness (QED) is 0.0267. The van der Waals surface area contributed by atoms with Crippen LogP contribution in [-0.4, -0.2) is 0 Å². The molecule has 0 spiro atoms. The highest BCUT2D eigenvalue weighted by Crippen LogP contribution is 2.57. The molecular formula is C70H94S4. The third-order valence-electron chi connectivity index (χ3n) is 17.5. The SMILES string of the molecule is CCCCCCCCCCC(CCCCCCCC)Cc1c(-c2cccs2)sc2c1c1cccc3c1c2c1cccc2c4c(CC(CCCCCCCC)CCCCCCCCCC)c(-c5cccs5)sc4c3c21. The standard InChI is InChI=1S/C70H94S4/c1-5-9-13-17-21-23-27-31-39-51(37-29-25-19-15-11-7-3)49-57-63-53-41-33-43-55-61(53)65(69(63)73-67(57)59-45-35-47-71-59)56-44-34-42-54-62(56)66(55)70-64(54)58(68(74-70)60-46-36-48-72-60)50-52(38-30-26-20-16-12-8-4)40-32-28-24-22-18-14-10-6-2/h33-36,41-48,51-52H,5-32,37-40,49-50H2,1-4H3. The lowest BCUT2D eigenvalue weighted by Crippen LogP contribution is -2.06. The summed E-state index contributed by atoms with van der Waals surface area (Å²) in [7, 11) is 0. The number of unbranched alkanes of at least 4 members (excludes halogenated alkanes) is 24. The Bertz CT molecular complexity index is 2770. The van der Waals surface area contributed by atoms with Gasteiger partial charge in [-0.1, -0.05) is 282 Å². The smallest absolute Gasteiger partial charge is 0.0487 e. The molecule has 0 nitrogen and oxygen atoms in total. The van der Waals surface area contributed by atoms with Crippen LogP contribution in [0.4, 0.5) is 0 Å². The van der Waals surface area contributed by atoms with Crippen molar-refractivity contribution in [2.24, 2.45) is 11.8 Å². The minimum atomic E-state index is 0.739. The van der Waals surface area contributed by atoms with E-state index >= 15 is 0 Å². The van der Waals surface area contributed by atoms with Crippen LogP contribution in [0.1, 0.15) is 244 Å². The van der Waals surface area contributed by atoms with Crippen LogP contribution in [0.25, 0.3) is 82.8 Å². The largest absolute Gasteiger partial charge is 0.143 e. The Kier molecular flexibility index (Phi) is 21.9. The molecule has 0 saturated carbocycles. The van der Waals surface area contributed by atoms with Gasteiger partial charge in [0, 0.05) is 50.5 Å². The molecule has 5 aromatic carbocycles. The molecule has 0 amide bonds. The number of fused-ring (bicyclic) bond motifs is 8. The molecule has 0 aliphatic carbocycles. The van der Waals surface area contributed by atoms with E-state index in [1.54, 1.807) is 62.6 Å². The molecule has 0 aliphatic rings. The summed E-state index contributed by atoms with van der Waals surface area (Å²) in [6.07, 6.45) is 47.0. The van der Waals surface area contributed by atoms with Crippen LogP contribution in [0.5, 0.6) is 0 Å². The van der Waals surface area contributed by atoms with E-state index in [1.807, 2.05) is 22.7 Å². The first-order chi connectivity index (χ1) is 36.7. The van der Waals surface area contributed by atoms with Crippen LogP contribution >= 0.6 is 45.3 Å². The summed E-state index contributed by atoms with van der Waals surface area (Å²) in [5.41, 5.74) is 3.34. The van der Waals surface area contributed by atoms with Gasteiger partial charge in [0.25, 0.3) is 0 Å². The molecule has 0 saturated heterocycles. The minimum Gasteiger partial charge on any atom is -0.143 e. The van der Waals surface area contributed by atoms with Gasteiger partial charge in [0.05, 0.1) is 0 Å². The summed E-state index contributed by atoms with van der Waals surface area (Å²) in [6, 6.07) is 24.4. The van der Waals surface area contributed by atoms with Gasteiger partial charge in [0.1, 0.15) is 0 Å². The molecule has 0 N–H and O–H groups in total. The first-order valence-corrected chi connectivity index (χ1v) is 34.5. The summed E-state index contributed by atoms with van der Waals surface area (Å²) in [5.74, 6) is 1.48. The monoisotopic (exact) mass is 1060 g/mol. The Balaban J connectivity index is 1.11. The van der Waals surface area contributed by atoms with Crippen molar-refractivity contribution in [3.8, 4) is 19.5 Å². The molecule has 0 bridgehead atoms. The fraction of sp³-hybridized carbons (Fsp3) is 0.571. The Morgan fingerprint density at radius 1 is 0.311 bits per heavy atom. The third kappa shape index (κ3) is 13.3. The van der Waals surface area contributed by atoms with Crippen molar-refractivity contribution in [1.82, 2.24) is 0 Å². The zero-order valence-corrected chi connectivity index (χ0v) is 50.0. The molecule has 2 atom stereocenters. The van der Waals surface area contributed by atoms with E-state index in [-0.39, 0.29) is 0 Å². The molecule has 74 heavy (non-hydrogen) atoms. The molecule has 4 heteroatoms. The second-order valence-corrected chi connectivity index (χ2v) is 27.1. The lowest BCUT2D eigenvalue weighted by Gasteiger charge is -2.18. The fourth-order valence-corrected chi connectivity index (χ4v) is 18.1. The molecule has 9 rings (SSSR count). The normalized spacial score (nSPS) is 13.2. The van der Waals surface area contributed by atoms with Gasteiger partial charge < -0.3 is 0 Å². The van der Waals surface area contributed by atoms with Crippen molar-refractivity contribution >= 4 is 109 Å². The third-order valence-corrected chi connectivity index (χ3v) is 22.1. The van der Waals surface area contributed by atoms with Crippen LogP contribution in [0.15, 0.2) is 71.4 Å². The van der Waals surface area contributed by atoms with Crippen LogP contribution in [0.3, 0.4) is 0 Å². The summed E-state index contributed by atoms with van der Waals surface area (Å²) >= 11 is 8.21. The molecule has 4 heterocycles. The van der Waals surface area contributed by atoms with Gasteiger partial charge in [-0.2, -0.15) is 0 Å². The molecule has 0 radical (unpaired) electrons. The van der Waals surface area contributed by atoms with Crippen molar-refractivity contribution in [3.63, 3.8) is 0 Å². The lowest BCUT2D eigenvalue weighted by molar-refractivity contribution is 0.401. The fourth-order valence-electron chi connectivity index (χ4n) is 13.5. The molecule has 0 fully saturated rings. The Hall–Kier alpha value is -3.02. The second kappa shape index (κ2) is 29.1. The maximum absolute atomic E-state index is 2.53. The van der Waals surface area contributed by atoms with E-state index in [0.29, 0.717) is 0 Å². The van der Waals surface area contributed by atoms with Gasteiger partial charge in [-0.05, 0) is 91.0 Å². The molecular weight excluding hydrogens is 969 g/mol. The predicted octanol–water partition coefficient (Wildman–Crippen LogP) is 25.9. The number of hydrogen-bond donors (Lipinski definition) is 0. The zero-order chi connectivity index (χ0) is 50.9. The van der Waals surface area contributed by atoms with Crippen molar-refractivity contribution < 1.29 is 0 Å². The van der Waals surface area contributed by atoms with Crippen molar-refractivity contribution in [2.75, 3.05) is 0 Å². The highest BCUT2D eigenvalue weighted by atomic mass is 32.1. The van der Waals surface area contributed by atoms with E-state index in [9.17, 15) is 0 Å². The van der Waals surface area contributed by atoms with Crippen LogP contribution in [0.2, 0.25) is 0 Å². The highest BCUT2D eigenvalue weighted by molar-refractivity contribution is 7.28. The van der Waals surface area contributed by atoms with Crippen LogP contribution < -0.4 is 0 Å². The highest BCUT2D eigenvalue weighted by Gasteiger charge is 2.30. The minimum absolute atomic E-state index is 0.739. The van der Waals surface area contributed by atoms with Crippen molar-refractivity contribution in [2.45, 2.75) is 246 Å². The first-order valence-electron chi connectivity index (χ1n) is 31.1. The first kappa shape index (κ1) is 55.7. The molecule has 2 unspecified atom stereocenters. The molecule has 9 aromatic rings. The number of hydrogen-bond acceptors (Lipinski definition) is 4. The maximum atomic E-state index is 2.53. The summed E-state index contributed by atoms with van der Waals surface area (Å²) < 4.78 is 3.12. The van der Waals surface area contributed by atoms with E-state index in [0.717, 1.165) is 11.8 Å². The molecule has 0 aliphatic heterocycles. The van der Waals surface area contributed by atoms with Crippen LogP contribution in [-0.2, 0) is 12.8 Å². The Labute approximate surface area is 465 Å². The Morgan fingerprint density at radius 2 is 0.608 bits per heavy atom. The molecule has 4 aromatic heterocycles. The van der Waals surface area contributed by atoms with E-state index in [4.69, 9.17) is 0 Å². The number of rotatable bonds is 38. The summed E-state index contributed by atoms with van der Waals surface area (Å²) in [4.78, 5) is 6.07. The van der Waals surface area contributed by atoms with Gasteiger partial charge in [-0.3, -0.25) is 0 Å². The van der Waals surface area contributed by atoms with E-state index in [1.165, 1.54) is 250 Å². The van der Waals surface area contributed by atoms with Gasteiger partial charge >= 0.3 is 0 Å². The predicted molar refractivity (Wildman–Crippen MR) is 341 cm³/mol. The average Bonchev–Trinajstić information content (AvgIpc) is 4.30. The second-order valence-electron chi connectivity index (χ2n) is 23.2. The van der Waals surface area contributed by atoms with Gasteiger partial charge in [-0.15, -0.1) is 45.3 Å². The zero-order valence-electron chi connectivity index (χ0n) is 46.8. The van der Waals surface area contributed by atoms with Crippen molar-refractivity contribution in [3.05, 3.63) is 82.6 Å². The average molecular weight is 1060 g/mol. The van der Waals surface area contributed by atoms with Crippen LogP contribution in [0, 0.1) is 11.8 Å². The van der Waals surface area contributed by atoms with Gasteiger partial charge in [-0.25, -0.2) is 0 Å². The number of thiophene rings is 4. The summed E-state index contributed by atoms with van der Waals surface area (Å²) in [6.45, 7) is 9.37. The molecule has 398 valence electrons. The lowest BCUT2D eigenvalue weighted by atomic mass is 9.87. The Morgan fingerprint density at radius 3 is 0.905 bits per heavy atom. The van der Waals surface area contributed by atoms with E-state index in [2.05, 4.69) is 122 Å². The number of benzene rings is 3. The topological polar surface area (TPSA) is 0 Å². The van der Waals surface area contributed by atoms with E-state index < -0.39 is 0 Å². The van der Waals surface area contributed by atoms with Crippen molar-refractivity contribution in [1.29, 1.82) is 0 Å².